The minimum atomic E-state index is -0.0252. The lowest BCUT2D eigenvalue weighted by Gasteiger charge is -2.32. The molecule has 0 spiro atoms. The Hall–Kier alpha value is -2.45. The summed E-state index contributed by atoms with van der Waals surface area (Å²) in [5.74, 6) is 0. The zero-order valence-corrected chi connectivity index (χ0v) is 22.1. The van der Waals surface area contributed by atoms with Gasteiger partial charge >= 0.3 is 0 Å². The second-order valence-electron chi connectivity index (χ2n) is 9.32. The zero-order valence-electron chi connectivity index (χ0n) is 20.5. The average Bonchev–Trinajstić information content (AvgIpc) is 3.35. The van der Waals surface area contributed by atoms with Crippen molar-refractivity contribution in [3.63, 3.8) is 0 Å². The van der Waals surface area contributed by atoms with Crippen LogP contribution in [0.15, 0.2) is 48.7 Å². The van der Waals surface area contributed by atoms with Crippen molar-refractivity contribution in [3.05, 3.63) is 81.9 Å². The predicted molar refractivity (Wildman–Crippen MR) is 144 cm³/mol. The van der Waals surface area contributed by atoms with E-state index in [-0.39, 0.29) is 12.1 Å². The van der Waals surface area contributed by atoms with Gasteiger partial charge < -0.3 is 19.5 Å². The monoisotopic (exact) mass is 509 g/mol. The third-order valence-electron chi connectivity index (χ3n) is 7.23. The molecule has 2 aliphatic heterocycles. The van der Waals surface area contributed by atoms with Crippen LogP contribution in [-0.2, 0) is 4.74 Å². The summed E-state index contributed by atoms with van der Waals surface area (Å²) in [5.41, 5.74) is 6.81. The van der Waals surface area contributed by atoms with Crippen molar-refractivity contribution in [3.8, 4) is 5.69 Å². The first kappa shape index (κ1) is 24.3. The quantitative estimate of drug-likeness (QED) is 0.484. The smallest absolute Gasteiger partial charge is 0.170 e. The molecule has 2 atom stereocenters. The normalized spacial score (nSPS) is 20.9. The molecule has 2 fully saturated rings. The zero-order chi connectivity index (χ0) is 24.5. The van der Waals surface area contributed by atoms with Crippen LogP contribution in [-0.4, -0.2) is 63.9 Å². The molecule has 5 rings (SSSR count). The topological polar surface area (TPSA) is 45.6 Å². The molecule has 0 aliphatic carbocycles. The first-order chi connectivity index (χ1) is 17.0. The highest BCUT2D eigenvalue weighted by Crippen LogP contribution is 2.41. The maximum Gasteiger partial charge on any atom is 0.170 e. The second-order valence-corrected chi connectivity index (χ2v) is 10.1. The molecular weight excluding hydrogens is 478 g/mol. The second kappa shape index (κ2) is 10.3. The summed E-state index contributed by atoms with van der Waals surface area (Å²) < 4.78 is 7.85. The molecule has 8 heteroatoms. The Morgan fingerprint density at radius 3 is 2.63 bits per heavy atom. The van der Waals surface area contributed by atoms with Crippen molar-refractivity contribution < 1.29 is 4.74 Å². The molecule has 2 aliphatic rings. The lowest BCUT2D eigenvalue weighted by atomic mass is 9.96. The van der Waals surface area contributed by atoms with E-state index < -0.39 is 0 Å². The van der Waals surface area contributed by atoms with Gasteiger partial charge in [0, 0.05) is 54.5 Å². The van der Waals surface area contributed by atoms with Gasteiger partial charge in [0.1, 0.15) is 0 Å². The summed E-state index contributed by atoms with van der Waals surface area (Å²) >= 11 is 12.4. The number of nitrogens with one attached hydrogen (secondary N) is 1. The SMILES string of the molecule is Cc1c(Cl)cccc1-n1c(C)cc(C2C(c3ccccn3)NC(=S)N2CCN2CCOCC2)c1C. The first-order valence-electron chi connectivity index (χ1n) is 12.2. The van der Waals surface area contributed by atoms with Crippen molar-refractivity contribution in [1.29, 1.82) is 0 Å². The third-order valence-corrected chi connectivity index (χ3v) is 7.99. The number of hydrogen-bond donors (Lipinski definition) is 1. The van der Waals surface area contributed by atoms with Gasteiger partial charge in [-0.05, 0) is 74.4 Å². The van der Waals surface area contributed by atoms with Gasteiger partial charge in [-0.3, -0.25) is 9.88 Å². The van der Waals surface area contributed by atoms with Crippen molar-refractivity contribution in [2.75, 3.05) is 39.4 Å². The number of pyridine rings is 1. The molecule has 4 heterocycles. The summed E-state index contributed by atoms with van der Waals surface area (Å²) in [7, 11) is 0. The Morgan fingerprint density at radius 2 is 1.89 bits per heavy atom. The fourth-order valence-corrected chi connectivity index (χ4v) is 5.86. The largest absolute Gasteiger partial charge is 0.379 e. The van der Waals surface area contributed by atoms with Crippen LogP contribution < -0.4 is 5.32 Å². The summed E-state index contributed by atoms with van der Waals surface area (Å²) in [6.07, 6.45) is 1.85. The van der Waals surface area contributed by atoms with Crippen LogP contribution in [0.4, 0.5) is 0 Å². The Morgan fingerprint density at radius 1 is 1.09 bits per heavy atom. The molecule has 0 saturated carbocycles. The molecule has 184 valence electrons. The standard InChI is InChI=1S/C27H32ClN5OS/c1-18-17-21(20(3)33(18)24-9-6-7-22(28)19(24)2)26-25(23-8-4-5-10-29-23)30-27(35)32(26)12-11-31-13-15-34-16-14-31/h4-10,17,25-26H,11-16H2,1-3H3,(H,30,35). The molecule has 2 unspecified atom stereocenters. The summed E-state index contributed by atoms with van der Waals surface area (Å²) in [6, 6.07) is 14.5. The fourth-order valence-electron chi connectivity index (χ4n) is 5.35. The van der Waals surface area contributed by atoms with E-state index in [1.54, 1.807) is 0 Å². The number of morpholine rings is 1. The number of rotatable bonds is 6. The van der Waals surface area contributed by atoms with Crippen LogP contribution in [0.25, 0.3) is 5.69 Å². The maximum absolute atomic E-state index is 6.49. The minimum Gasteiger partial charge on any atom is -0.379 e. The molecule has 1 N–H and O–H groups in total. The minimum absolute atomic E-state index is 0.0252. The van der Waals surface area contributed by atoms with Gasteiger partial charge in [-0.15, -0.1) is 0 Å². The number of thiocarbonyl (C=S) groups is 1. The highest BCUT2D eigenvalue weighted by atomic mass is 35.5. The van der Waals surface area contributed by atoms with E-state index in [1.165, 1.54) is 17.0 Å². The number of ether oxygens (including phenoxy) is 1. The van der Waals surface area contributed by atoms with E-state index in [2.05, 4.69) is 58.7 Å². The highest BCUT2D eigenvalue weighted by Gasteiger charge is 2.41. The predicted octanol–water partition coefficient (Wildman–Crippen LogP) is 4.76. The van der Waals surface area contributed by atoms with Crippen LogP contribution in [0.3, 0.4) is 0 Å². The van der Waals surface area contributed by atoms with E-state index in [0.717, 1.165) is 66.5 Å². The molecular formula is C27H32ClN5OS. The molecule has 0 bridgehead atoms. The van der Waals surface area contributed by atoms with Gasteiger partial charge in [0.05, 0.1) is 31.0 Å². The van der Waals surface area contributed by atoms with Crippen LogP contribution in [0.2, 0.25) is 5.02 Å². The molecule has 2 saturated heterocycles. The van der Waals surface area contributed by atoms with Gasteiger partial charge in [0.25, 0.3) is 0 Å². The van der Waals surface area contributed by atoms with Gasteiger partial charge in [-0.2, -0.15) is 0 Å². The van der Waals surface area contributed by atoms with Gasteiger partial charge in [-0.1, -0.05) is 23.7 Å². The third kappa shape index (κ3) is 4.70. The molecule has 0 amide bonds. The van der Waals surface area contributed by atoms with Crippen LogP contribution in [0.1, 0.15) is 40.3 Å². The van der Waals surface area contributed by atoms with Gasteiger partial charge in [0.2, 0.25) is 0 Å². The lowest BCUT2D eigenvalue weighted by Crippen LogP contribution is -2.42. The Balaban J connectivity index is 1.55. The summed E-state index contributed by atoms with van der Waals surface area (Å²) in [5, 5.41) is 5.15. The summed E-state index contributed by atoms with van der Waals surface area (Å²) in [4.78, 5) is 9.50. The number of aromatic nitrogens is 2. The molecule has 35 heavy (non-hydrogen) atoms. The first-order valence-corrected chi connectivity index (χ1v) is 13.0. The maximum atomic E-state index is 6.49. The highest BCUT2D eigenvalue weighted by molar-refractivity contribution is 7.80. The number of aryl methyl sites for hydroxylation is 1. The number of nitrogens with zero attached hydrogens (tertiary/aromatic N) is 4. The fraction of sp³-hybridized carbons (Fsp3) is 0.407. The summed E-state index contributed by atoms with van der Waals surface area (Å²) in [6.45, 7) is 11.7. The van der Waals surface area contributed by atoms with E-state index in [9.17, 15) is 0 Å². The van der Waals surface area contributed by atoms with Gasteiger partial charge in [0.15, 0.2) is 5.11 Å². The van der Waals surface area contributed by atoms with Crippen LogP contribution >= 0.6 is 23.8 Å². The van der Waals surface area contributed by atoms with Crippen LogP contribution in [0.5, 0.6) is 0 Å². The molecule has 6 nitrogen and oxygen atoms in total. The van der Waals surface area contributed by atoms with Crippen LogP contribution in [0, 0.1) is 20.8 Å². The van der Waals surface area contributed by atoms with E-state index in [1.807, 2.05) is 30.5 Å². The van der Waals surface area contributed by atoms with Crippen molar-refractivity contribution >= 4 is 28.9 Å². The molecule has 2 aromatic heterocycles. The molecule has 1 aromatic carbocycles. The number of hydrogen-bond acceptors (Lipinski definition) is 4. The van der Waals surface area contributed by atoms with Crippen molar-refractivity contribution in [1.82, 2.24) is 24.7 Å². The van der Waals surface area contributed by atoms with Crippen molar-refractivity contribution in [2.45, 2.75) is 32.9 Å². The van der Waals surface area contributed by atoms with Crippen molar-refractivity contribution in [2.24, 2.45) is 0 Å². The van der Waals surface area contributed by atoms with Gasteiger partial charge in [-0.25, -0.2) is 0 Å². The number of halogens is 1. The number of benzene rings is 1. The average molecular weight is 510 g/mol. The van der Waals surface area contributed by atoms with E-state index in [0.29, 0.717) is 0 Å². The Kier molecular flexibility index (Phi) is 7.12. The Bertz CT molecular complexity index is 1210. The molecule has 3 aromatic rings. The Labute approximate surface area is 217 Å². The van der Waals surface area contributed by atoms with E-state index in [4.69, 9.17) is 33.5 Å². The van der Waals surface area contributed by atoms with E-state index >= 15 is 0 Å². The molecule has 0 radical (unpaired) electrons. The lowest BCUT2D eigenvalue weighted by molar-refractivity contribution is 0.0350.